The Hall–Kier alpha value is -2.36. The zero-order valence-electron chi connectivity index (χ0n) is 14.1. The van der Waals surface area contributed by atoms with Gasteiger partial charge in [0.25, 0.3) is 11.8 Å². The lowest BCUT2D eigenvalue weighted by Crippen LogP contribution is -2.54. The van der Waals surface area contributed by atoms with Crippen LogP contribution in [0.15, 0.2) is 44.9 Å². The number of halogens is 3. The van der Waals surface area contributed by atoms with Crippen LogP contribution in [0.25, 0.3) is 6.08 Å². The van der Waals surface area contributed by atoms with Gasteiger partial charge in [0.1, 0.15) is 10.6 Å². The summed E-state index contributed by atoms with van der Waals surface area (Å²) in [5.41, 5.74) is 0.319. The molecule has 0 unspecified atom stereocenters. The molecular formula is C18H11Br2ClN2O5. The Balaban J connectivity index is 2.09. The number of amides is 4. The van der Waals surface area contributed by atoms with Gasteiger partial charge in [-0.05, 0) is 57.9 Å². The van der Waals surface area contributed by atoms with Crippen LogP contribution in [0, 0.1) is 0 Å². The number of methoxy groups -OCH3 is 1. The van der Waals surface area contributed by atoms with Crippen LogP contribution in [0.1, 0.15) is 5.56 Å². The molecular weight excluding hydrogens is 519 g/mol. The van der Waals surface area contributed by atoms with E-state index in [0.717, 1.165) is 9.37 Å². The molecule has 1 heterocycles. The number of urea groups is 1. The van der Waals surface area contributed by atoms with E-state index in [1.807, 2.05) is 0 Å². The number of benzene rings is 2. The SMILES string of the molecule is COc1cc(/C=C2\C(=O)NC(=O)N(c3ccc(Br)cc3)C2=O)c(Br)c(Cl)c1O. The highest BCUT2D eigenvalue weighted by Crippen LogP contribution is 2.42. The van der Waals surface area contributed by atoms with Crippen LogP contribution in [0.3, 0.4) is 0 Å². The minimum absolute atomic E-state index is 0.0456. The number of nitrogens with zero attached hydrogens (tertiary/aromatic N) is 1. The first kappa shape index (κ1) is 20.4. The third-order valence-corrected chi connectivity index (χ3v) is 5.86. The van der Waals surface area contributed by atoms with Gasteiger partial charge < -0.3 is 9.84 Å². The first-order valence-corrected chi connectivity index (χ1v) is 9.63. The number of ether oxygens (including phenoxy) is 1. The summed E-state index contributed by atoms with van der Waals surface area (Å²) in [6.45, 7) is 0. The van der Waals surface area contributed by atoms with E-state index < -0.39 is 17.8 Å². The first-order valence-electron chi connectivity index (χ1n) is 7.66. The van der Waals surface area contributed by atoms with E-state index in [1.54, 1.807) is 24.3 Å². The minimum Gasteiger partial charge on any atom is -0.503 e. The number of barbiturate groups is 1. The minimum atomic E-state index is -0.852. The predicted octanol–water partition coefficient (Wildman–Crippen LogP) is 4.25. The Labute approximate surface area is 181 Å². The number of hydrogen-bond donors (Lipinski definition) is 2. The molecule has 2 aromatic carbocycles. The molecule has 1 fully saturated rings. The molecule has 1 aliphatic heterocycles. The summed E-state index contributed by atoms with van der Waals surface area (Å²) < 4.78 is 6.07. The van der Waals surface area contributed by atoms with Crippen molar-refractivity contribution < 1.29 is 24.2 Å². The zero-order valence-corrected chi connectivity index (χ0v) is 18.1. The average Bonchev–Trinajstić information content (AvgIpc) is 2.66. The van der Waals surface area contributed by atoms with Gasteiger partial charge in [-0.25, -0.2) is 9.69 Å². The number of rotatable bonds is 3. The third-order valence-electron chi connectivity index (χ3n) is 3.88. The quantitative estimate of drug-likeness (QED) is 0.457. The Bertz CT molecular complexity index is 1040. The number of nitrogens with one attached hydrogen (secondary N) is 1. The lowest BCUT2D eigenvalue weighted by Gasteiger charge is -2.26. The van der Waals surface area contributed by atoms with E-state index in [4.69, 9.17) is 16.3 Å². The molecule has 10 heteroatoms. The molecule has 0 saturated carbocycles. The van der Waals surface area contributed by atoms with Gasteiger partial charge in [-0.2, -0.15) is 0 Å². The molecule has 1 saturated heterocycles. The second kappa shape index (κ2) is 7.94. The standard InChI is InChI=1S/C18H11Br2ClN2O5/c1-28-12-7-8(13(20)14(21)15(12)24)6-11-16(25)22-18(27)23(17(11)26)10-4-2-9(19)3-5-10/h2-7,24H,1H3,(H,22,25,27)/b11-6+. The fourth-order valence-corrected chi connectivity index (χ4v) is 3.39. The normalized spacial score (nSPS) is 15.8. The third kappa shape index (κ3) is 3.65. The molecule has 2 aromatic rings. The summed E-state index contributed by atoms with van der Waals surface area (Å²) in [5.74, 6) is -1.88. The average molecular weight is 531 g/mol. The zero-order chi connectivity index (χ0) is 20.6. The van der Waals surface area contributed by atoms with Crippen molar-refractivity contribution >= 4 is 73.1 Å². The van der Waals surface area contributed by atoms with Crippen molar-refractivity contribution in [2.75, 3.05) is 12.0 Å². The summed E-state index contributed by atoms with van der Waals surface area (Å²) in [6.07, 6.45) is 1.26. The molecule has 0 spiro atoms. The van der Waals surface area contributed by atoms with E-state index in [0.29, 0.717) is 11.3 Å². The molecule has 3 rings (SSSR count). The molecule has 0 atom stereocenters. The monoisotopic (exact) mass is 528 g/mol. The van der Waals surface area contributed by atoms with Crippen LogP contribution >= 0.6 is 43.5 Å². The van der Waals surface area contributed by atoms with E-state index >= 15 is 0 Å². The number of hydrogen-bond acceptors (Lipinski definition) is 5. The van der Waals surface area contributed by atoms with Crippen LogP contribution in [-0.4, -0.2) is 30.1 Å². The van der Waals surface area contributed by atoms with Gasteiger partial charge in [-0.15, -0.1) is 0 Å². The molecule has 7 nitrogen and oxygen atoms in total. The van der Waals surface area contributed by atoms with Gasteiger partial charge in [0.05, 0.1) is 12.8 Å². The highest BCUT2D eigenvalue weighted by molar-refractivity contribution is 9.10. The molecule has 4 amide bonds. The van der Waals surface area contributed by atoms with Gasteiger partial charge >= 0.3 is 6.03 Å². The Morgan fingerprint density at radius 2 is 1.82 bits per heavy atom. The number of phenols is 1. The highest BCUT2D eigenvalue weighted by Gasteiger charge is 2.37. The largest absolute Gasteiger partial charge is 0.503 e. The summed E-state index contributed by atoms with van der Waals surface area (Å²) >= 11 is 12.6. The predicted molar refractivity (Wildman–Crippen MR) is 111 cm³/mol. The molecule has 0 radical (unpaired) electrons. The molecule has 1 aliphatic rings. The van der Waals surface area contributed by atoms with Crippen LogP contribution in [-0.2, 0) is 9.59 Å². The number of carbonyl (C=O) groups excluding carboxylic acids is 3. The molecule has 0 aromatic heterocycles. The van der Waals surface area contributed by atoms with Crippen molar-refractivity contribution in [3.8, 4) is 11.5 Å². The maximum Gasteiger partial charge on any atom is 0.335 e. The fraction of sp³-hybridized carbons (Fsp3) is 0.0556. The first-order chi connectivity index (χ1) is 13.2. The van der Waals surface area contributed by atoms with Crippen molar-refractivity contribution in [2.45, 2.75) is 0 Å². The maximum atomic E-state index is 12.9. The van der Waals surface area contributed by atoms with Crippen LogP contribution in [0.4, 0.5) is 10.5 Å². The summed E-state index contributed by atoms with van der Waals surface area (Å²) in [5, 5.41) is 12.0. The lowest BCUT2D eigenvalue weighted by molar-refractivity contribution is -0.122. The topological polar surface area (TPSA) is 95.9 Å². The number of imide groups is 2. The lowest BCUT2D eigenvalue weighted by atomic mass is 10.1. The molecule has 0 aliphatic carbocycles. The Morgan fingerprint density at radius 1 is 1.18 bits per heavy atom. The van der Waals surface area contributed by atoms with E-state index in [2.05, 4.69) is 37.2 Å². The number of carbonyl (C=O) groups is 3. The summed E-state index contributed by atoms with van der Waals surface area (Å²) in [4.78, 5) is 38.2. The summed E-state index contributed by atoms with van der Waals surface area (Å²) in [7, 11) is 1.34. The Morgan fingerprint density at radius 3 is 2.43 bits per heavy atom. The number of aromatic hydroxyl groups is 1. The van der Waals surface area contributed by atoms with Gasteiger partial charge in [0.2, 0.25) is 0 Å². The van der Waals surface area contributed by atoms with Crippen molar-refractivity contribution in [3.05, 3.63) is 55.4 Å². The van der Waals surface area contributed by atoms with Gasteiger partial charge in [0.15, 0.2) is 11.5 Å². The maximum absolute atomic E-state index is 12.9. The molecule has 28 heavy (non-hydrogen) atoms. The molecule has 0 bridgehead atoms. The smallest absolute Gasteiger partial charge is 0.335 e. The van der Waals surface area contributed by atoms with Crippen molar-refractivity contribution in [2.24, 2.45) is 0 Å². The van der Waals surface area contributed by atoms with Crippen LogP contribution < -0.4 is 15.0 Å². The van der Waals surface area contributed by atoms with E-state index in [1.165, 1.54) is 19.3 Å². The van der Waals surface area contributed by atoms with Crippen LogP contribution in [0.5, 0.6) is 11.5 Å². The van der Waals surface area contributed by atoms with Crippen molar-refractivity contribution in [1.82, 2.24) is 5.32 Å². The van der Waals surface area contributed by atoms with Gasteiger partial charge in [0, 0.05) is 8.95 Å². The number of phenolic OH excluding ortho intramolecular Hbond substituents is 1. The number of anilines is 1. The second-order valence-electron chi connectivity index (χ2n) is 5.58. The van der Waals surface area contributed by atoms with Crippen LogP contribution in [0.2, 0.25) is 5.02 Å². The van der Waals surface area contributed by atoms with Crippen molar-refractivity contribution in [1.29, 1.82) is 0 Å². The van der Waals surface area contributed by atoms with E-state index in [-0.39, 0.29) is 26.6 Å². The highest BCUT2D eigenvalue weighted by atomic mass is 79.9. The molecule has 2 N–H and O–H groups in total. The van der Waals surface area contributed by atoms with E-state index in [9.17, 15) is 19.5 Å². The molecule has 144 valence electrons. The fourth-order valence-electron chi connectivity index (χ4n) is 2.51. The Kier molecular flexibility index (Phi) is 5.78. The van der Waals surface area contributed by atoms with Gasteiger partial charge in [-0.3, -0.25) is 14.9 Å². The van der Waals surface area contributed by atoms with Crippen molar-refractivity contribution in [3.63, 3.8) is 0 Å². The second-order valence-corrected chi connectivity index (χ2v) is 7.67. The van der Waals surface area contributed by atoms with Gasteiger partial charge in [-0.1, -0.05) is 27.5 Å². The summed E-state index contributed by atoms with van der Waals surface area (Å²) in [6, 6.07) is 7.00.